The molecule has 1 aliphatic heterocycles. The van der Waals surface area contributed by atoms with Gasteiger partial charge in [0, 0.05) is 0 Å². The van der Waals surface area contributed by atoms with Gasteiger partial charge in [0.05, 0.1) is 12.5 Å². The van der Waals surface area contributed by atoms with E-state index in [1.807, 2.05) is 6.92 Å². The van der Waals surface area contributed by atoms with E-state index in [0.29, 0.717) is 18.4 Å². The largest absolute Gasteiger partial charge is 0.466 e. The third-order valence-electron chi connectivity index (χ3n) is 2.65. The minimum Gasteiger partial charge on any atom is -0.466 e. The Hall–Kier alpha value is -0.570. The smallest absolute Gasteiger partial charge is 0.309 e. The maximum atomic E-state index is 11.2. The molecule has 1 unspecified atom stereocenters. The van der Waals surface area contributed by atoms with Crippen molar-refractivity contribution in [1.82, 2.24) is 5.32 Å². The van der Waals surface area contributed by atoms with E-state index in [0.717, 1.165) is 13.1 Å². The molecule has 1 aliphatic carbocycles. The van der Waals surface area contributed by atoms with Gasteiger partial charge < -0.3 is 10.1 Å². The zero-order chi connectivity index (χ0) is 7.84. The van der Waals surface area contributed by atoms with Crippen LogP contribution in [0.2, 0.25) is 0 Å². The van der Waals surface area contributed by atoms with E-state index < -0.39 is 0 Å². The summed E-state index contributed by atoms with van der Waals surface area (Å²) in [6.07, 6.45) is 0. The molecule has 2 rings (SSSR count). The highest BCUT2D eigenvalue weighted by molar-refractivity contribution is 5.76. The lowest BCUT2D eigenvalue weighted by Crippen LogP contribution is -2.20. The van der Waals surface area contributed by atoms with Crippen LogP contribution in [0.1, 0.15) is 6.92 Å². The highest BCUT2D eigenvalue weighted by atomic mass is 16.5. The van der Waals surface area contributed by atoms with Crippen LogP contribution in [0.5, 0.6) is 0 Å². The predicted molar refractivity (Wildman–Crippen MR) is 40.0 cm³/mol. The maximum Gasteiger partial charge on any atom is 0.309 e. The summed E-state index contributed by atoms with van der Waals surface area (Å²) in [5, 5.41) is 3.24. The van der Waals surface area contributed by atoms with Crippen molar-refractivity contribution in [3.05, 3.63) is 0 Å². The van der Waals surface area contributed by atoms with Gasteiger partial charge in [-0.1, -0.05) is 0 Å². The van der Waals surface area contributed by atoms with Gasteiger partial charge in [0.2, 0.25) is 0 Å². The summed E-state index contributed by atoms with van der Waals surface area (Å²) in [5.74, 6) is 1.43. The Morgan fingerprint density at radius 3 is 2.73 bits per heavy atom. The second kappa shape index (κ2) is 2.48. The maximum absolute atomic E-state index is 11.2. The summed E-state index contributed by atoms with van der Waals surface area (Å²) in [4.78, 5) is 11.2. The van der Waals surface area contributed by atoms with Crippen LogP contribution >= 0.6 is 0 Å². The molecule has 0 aromatic carbocycles. The lowest BCUT2D eigenvalue weighted by atomic mass is 10.3. The molecule has 3 heteroatoms. The van der Waals surface area contributed by atoms with Gasteiger partial charge in [-0.3, -0.25) is 4.79 Å². The van der Waals surface area contributed by atoms with Crippen LogP contribution in [0.25, 0.3) is 0 Å². The second-order valence-corrected chi connectivity index (χ2v) is 3.26. The number of piperidine rings is 1. The quantitative estimate of drug-likeness (QED) is 0.571. The summed E-state index contributed by atoms with van der Waals surface area (Å²) >= 11 is 0. The predicted octanol–water partition coefficient (Wildman–Crippen LogP) is 0.0149. The molecule has 0 aromatic heterocycles. The van der Waals surface area contributed by atoms with Gasteiger partial charge in [0.1, 0.15) is 0 Å². The van der Waals surface area contributed by atoms with Crippen molar-refractivity contribution in [1.29, 1.82) is 0 Å². The Morgan fingerprint density at radius 2 is 2.18 bits per heavy atom. The van der Waals surface area contributed by atoms with Crippen molar-refractivity contribution in [2.45, 2.75) is 6.92 Å². The van der Waals surface area contributed by atoms with Crippen LogP contribution in [0, 0.1) is 17.8 Å². The van der Waals surface area contributed by atoms with Gasteiger partial charge in [0.15, 0.2) is 0 Å². The lowest BCUT2D eigenvalue weighted by molar-refractivity contribution is -0.145. The van der Waals surface area contributed by atoms with Gasteiger partial charge >= 0.3 is 5.97 Å². The minimum atomic E-state index is 0.0176. The molecule has 1 heterocycles. The Labute approximate surface area is 66.1 Å². The van der Waals surface area contributed by atoms with Crippen molar-refractivity contribution < 1.29 is 9.53 Å². The van der Waals surface area contributed by atoms with Crippen molar-refractivity contribution >= 4 is 5.97 Å². The van der Waals surface area contributed by atoms with Crippen LogP contribution in [-0.4, -0.2) is 25.7 Å². The van der Waals surface area contributed by atoms with Crippen molar-refractivity contribution in [3.8, 4) is 0 Å². The molecule has 1 N–H and O–H groups in total. The fraction of sp³-hybridized carbons (Fsp3) is 0.875. The topological polar surface area (TPSA) is 38.3 Å². The molecule has 2 aliphatic rings. The summed E-state index contributed by atoms with van der Waals surface area (Å²) in [6, 6.07) is 0. The molecule has 0 bridgehead atoms. The first-order valence-corrected chi connectivity index (χ1v) is 4.22. The number of fused-ring (bicyclic) bond motifs is 1. The Bertz CT molecular complexity index is 171. The molecule has 3 nitrogen and oxygen atoms in total. The molecule has 0 spiro atoms. The van der Waals surface area contributed by atoms with E-state index in [9.17, 15) is 4.79 Å². The fourth-order valence-electron chi connectivity index (χ4n) is 2.01. The van der Waals surface area contributed by atoms with E-state index >= 15 is 0 Å². The van der Waals surface area contributed by atoms with Crippen molar-refractivity contribution in [2.75, 3.05) is 19.7 Å². The Morgan fingerprint density at radius 1 is 1.55 bits per heavy atom. The van der Waals surface area contributed by atoms with Crippen LogP contribution < -0.4 is 5.32 Å². The summed E-state index contributed by atoms with van der Waals surface area (Å²) in [7, 11) is 0. The molecule has 3 atom stereocenters. The van der Waals surface area contributed by atoms with Crippen LogP contribution in [0.3, 0.4) is 0 Å². The first-order chi connectivity index (χ1) is 5.34. The van der Waals surface area contributed by atoms with Gasteiger partial charge in [-0.2, -0.15) is 0 Å². The van der Waals surface area contributed by atoms with Crippen LogP contribution in [-0.2, 0) is 9.53 Å². The summed E-state index contributed by atoms with van der Waals surface area (Å²) in [5.41, 5.74) is 0. The molecule has 1 saturated heterocycles. The third-order valence-corrected chi connectivity index (χ3v) is 2.65. The molecule has 11 heavy (non-hydrogen) atoms. The standard InChI is InChI=1S/C8H13NO2/c1-2-11-8(10)7-5-3-9-4-6(5)7/h5-7,9H,2-4H2,1H3/t5-,6+,7?. The number of hydrogen-bond acceptors (Lipinski definition) is 3. The molecule has 1 saturated carbocycles. The zero-order valence-corrected chi connectivity index (χ0v) is 6.67. The van der Waals surface area contributed by atoms with Crippen LogP contribution in [0.4, 0.5) is 0 Å². The van der Waals surface area contributed by atoms with Gasteiger partial charge in [0.25, 0.3) is 0 Å². The molecule has 2 fully saturated rings. The number of ether oxygens (including phenoxy) is 1. The van der Waals surface area contributed by atoms with Gasteiger partial charge in [-0.25, -0.2) is 0 Å². The highest BCUT2D eigenvalue weighted by Gasteiger charge is 2.57. The summed E-state index contributed by atoms with van der Waals surface area (Å²) < 4.78 is 4.94. The Kier molecular flexibility index (Phi) is 1.60. The number of esters is 1. The fourth-order valence-corrected chi connectivity index (χ4v) is 2.01. The van der Waals surface area contributed by atoms with Gasteiger partial charge in [-0.15, -0.1) is 0 Å². The van der Waals surface area contributed by atoms with E-state index in [1.54, 1.807) is 0 Å². The molecular weight excluding hydrogens is 142 g/mol. The molecule has 0 aromatic rings. The monoisotopic (exact) mass is 155 g/mol. The van der Waals surface area contributed by atoms with Crippen molar-refractivity contribution in [3.63, 3.8) is 0 Å². The lowest BCUT2D eigenvalue weighted by Gasteiger charge is -2.03. The highest BCUT2D eigenvalue weighted by Crippen LogP contribution is 2.49. The third kappa shape index (κ3) is 1.03. The first kappa shape index (κ1) is 7.10. The number of hydrogen-bond donors (Lipinski definition) is 1. The normalized spacial score (nSPS) is 39.9. The average molecular weight is 155 g/mol. The zero-order valence-electron chi connectivity index (χ0n) is 6.67. The van der Waals surface area contributed by atoms with Crippen LogP contribution in [0.15, 0.2) is 0 Å². The minimum absolute atomic E-state index is 0.0176. The van der Waals surface area contributed by atoms with E-state index in [-0.39, 0.29) is 11.9 Å². The number of carbonyl (C=O) groups excluding carboxylic acids is 1. The molecule has 0 amide bonds. The molecule has 0 radical (unpaired) electrons. The Balaban J connectivity index is 1.85. The van der Waals surface area contributed by atoms with E-state index in [2.05, 4.69) is 5.32 Å². The molecular formula is C8H13NO2. The summed E-state index contributed by atoms with van der Waals surface area (Å²) in [6.45, 7) is 4.39. The van der Waals surface area contributed by atoms with Gasteiger partial charge in [-0.05, 0) is 31.8 Å². The van der Waals surface area contributed by atoms with E-state index in [4.69, 9.17) is 4.74 Å². The molecule has 62 valence electrons. The van der Waals surface area contributed by atoms with E-state index in [1.165, 1.54) is 0 Å². The second-order valence-electron chi connectivity index (χ2n) is 3.26. The SMILES string of the molecule is CCOC(=O)C1[C@H]2CNC[C@@H]12. The van der Waals surface area contributed by atoms with Crippen molar-refractivity contribution in [2.24, 2.45) is 17.8 Å². The number of carbonyl (C=O) groups is 1. The number of rotatable bonds is 2. The number of nitrogens with one attached hydrogen (secondary N) is 1. The first-order valence-electron chi connectivity index (χ1n) is 4.22. The average Bonchev–Trinajstić information content (AvgIpc) is 2.47.